The van der Waals surface area contributed by atoms with Crippen LogP contribution in [0.25, 0.3) is 0 Å². The van der Waals surface area contributed by atoms with Crippen LogP contribution in [0.4, 0.5) is 0 Å². The standard InChI is InChI=1S/C15H16N2O2/c1-11-7-8-16-9-13(11)10-17-14(15(18)19)12-5-3-2-4-6-12/h2-9,14,17H,10H2,1H3,(H,18,19). The summed E-state index contributed by atoms with van der Waals surface area (Å²) in [7, 11) is 0. The fraction of sp³-hybridized carbons (Fsp3) is 0.200. The van der Waals surface area contributed by atoms with Crippen molar-refractivity contribution in [1.82, 2.24) is 10.3 Å². The molecule has 1 atom stereocenters. The Hall–Kier alpha value is -2.20. The molecule has 2 N–H and O–H groups in total. The molecule has 0 aliphatic rings. The number of benzene rings is 1. The molecule has 0 fully saturated rings. The van der Waals surface area contributed by atoms with E-state index in [1.165, 1.54) is 0 Å². The van der Waals surface area contributed by atoms with Gasteiger partial charge in [0.25, 0.3) is 0 Å². The predicted molar refractivity (Wildman–Crippen MR) is 72.6 cm³/mol. The summed E-state index contributed by atoms with van der Waals surface area (Å²) in [5, 5.41) is 12.3. The van der Waals surface area contributed by atoms with Crippen LogP contribution in [0.15, 0.2) is 48.8 Å². The maximum absolute atomic E-state index is 11.3. The van der Waals surface area contributed by atoms with Gasteiger partial charge in [-0.1, -0.05) is 30.3 Å². The van der Waals surface area contributed by atoms with Crippen LogP contribution >= 0.6 is 0 Å². The first kappa shape index (κ1) is 13.2. The highest BCUT2D eigenvalue weighted by molar-refractivity contribution is 5.75. The van der Waals surface area contributed by atoms with Crippen LogP contribution in [0.1, 0.15) is 22.7 Å². The van der Waals surface area contributed by atoms with Crippen molar-refractivity contribution in [2.45, 2.75) is 19.5 Å². The van der Waals surface area contributed by atoms with Gasteiger partial charge in [-0.3, -0.25) is 15.1 Å². The Kier molecular flexibility index (Phi) is 4.26. The normalized spacial score (nSPS) is 12.1. The Bertz CT molecular complexity index is 555. The van der Waals surface area contributed by atoms with Crippen LogP contribution in [-0.2, 0) is 11.3 Å². The molecule has 0 aliphatic heterocycles. The number of hydrogen-bond acceptors (Lipinski definition) is 3. The Morgan fingerprint density at radius 2 is 2.05 bits per heavy atom. The predicted octanol–water partition coefficient (Wildman–Crippen LogP) is 2.31. The second-order valence-electron chi connectivity index (χ2n) is 4.36. The molecule has 98 valence electrons. The molecule has 2 rings (SSSR count). The molecular formula is C15H16N2O2. The maximum Gasteiger partial charge on any atom is 0.325 e. The summed E-state index contributed by atoms with van der Waals surface area (Å²) < 4.78 is 0. The largest absolute Gasteiger partial charge is 0.480 e. The topological polar surface area (TPSA) is 62.2 Å². The van der Waals surface area contributed by atoms with E-state index in [-0.39, 0.29) is 0 Å². The van der Waals surface area contributed by atoms with E-state index in [9.17, 15) is 9.90 Å². The lowest BCUT2D eigenvalue weighted by molar-refractivity contribution is -0.139. The minimum absolute atomic E-state index is 0.478. The number of aryl methyl sites for hydroxylation is 1. The number of pyridine rings is 1. The van der Waals surface area contributed by atoms with Crippen molar-refractivity contribution in [1.29, 1.82) is 0 Å². The summed E-state index contributed by atoms with van der Waals surface area (Å²) in [5.41, 5.74) is 2.85. The number of carbonyl (C=O) groups is 1. The maximum atomic E-state index is 11.3. The Labute approximate surface area is 112 Å². The number of hydrogen-bond donors (Lipinski definition) is 2. The number of aliphatic carboxylic acids is 1. The monoisotopic (exact) mass is 256 g/mol. The molecule has 1 aromatic heterocycles. The van der Waals surface area contributed by atoms with Gasteiger partial charge >= 0.3 is 5.97 Å². The summed E-state index contributed by atoms with van der Waals surface area (Å²) in [6.07, 6.45) is 3.48. The van der Waals surface area contributed by atoms with Gasteiger partial charge < -0.3 is 5.11 Å². The number of nitrogens with one attached hydrogen (secondary N) is 1. The lowest BCUT2D eigenvalue weighted by Crippen LogP contribution is -2.28. The summed E-state index contributed by atoms with van der Waals surface area (Å²) in [6.45, 7) is 2.46. The second kappa shape index (κ2) is 6.11. The molecule has 0 radical (unpaired) electrons. The van der Waals surface area contributed by atoms with Crippen molar-refractivity contribution < 1.29 is 9.90 Å². The Balaban J connectivity index is 2.11. The number of carboxylic acids is 1. The van der Waals surface area contributed by atoms with Crippen molar-refractivity contribution in [2.24, 2.45) is 0 Å². The van der Waals surface area contributed by atoms with E-state index in [0.29, 0.717) is 6.54 Å². The van der Waals surface area contributed by atoms with E-state index in [2.05, 4.69) is 10.3 Å². The summed E-state index contributed by atoms with van der Waals surface area (Å²) in [6, 6.07) is 10.4. The third kappa shape index (κ3) is 3.39. The Morgan fingerprint density at radius 3 is 2.68 bits per heavy atom. The second-order valence-corrected chi connectivity index (χ2v) is 4.36. The third-order valence-electron chi connectivity index (χ3n) is 3.02. The van der Waals surface area contributed by atoms with Gasteiger partial charge in [-0.05, 0) is 29.7 Å². The minimum Gasteiger partial charge on any atom is -0.480 e. The minimum atomic E-state index is -0.882. The first-order valence-corrected chi connectivity index (χ1v) is 6.09. The summed E-state index contributed by atoms with van der Waals surface area (Å²) in [5.74, 6) is -0.882. The molecule has 4 heteroatoms. The highest BCUT2D eigenvalue weighted by Gasteiger charge is 2.18. The SMILES string of the molecule is Cc1ccncc1CNC(C(=O)O)c1ccccc1. The van der Waals surface area contributed by atoms with Crippen molar-refractivity contribution >= 4 is 5.97 Å². The van der Waals surface area contributed by atoms with Crippen LogP contribution in [0.3, 0.4) is 0 Å². The zero-order valence-corrected chi connectivity index (χ0v) is 10.7. The lowest BCUT2D eigenvalue weighted by Gasteiger charge is -2.15. The van der Waals surface area contributed by atoms with E-state index in [4.69, 9.17) is 0 Å². The smallest absolute Gasteiger partial charge is 0.325 e. The highest BCUT2D eigenvalue weighted by Crippen LogP contribution is 2.14. The lowest BCUT2D eigenvalue weighted by atomic mass is 10.1. The van der Waals surface area contributed by atoms with Gasteiger partial charge in [-0.2, -0.15) is 0 Å². The third-order valence-corrected chi connectivity index (χ3v) is 3.02. The van der Waals surface area contributed by atoms with E-state index < -0.39 is 12.0 Å². The molecule has 1 aromatic carbocycles. The molecule has 0 spiro atoms. The zero-order valence-electron chi connectivity index (χ0n) is 10.7. The average Bonchev–Trinajstić information content (AvgIpc) is 2.42. The fourth-order valence-corrected chi connectivity index (χ4v) is 1.89. The van der Waals surface area contributed by atoms with E-state index in [0.717, 1.165) is 16.7 Å². The van der Waals surface area contributed by atoms with Gasteiger partial charge in [0.2, 0.25) is 0 Å². The van der Waals surface area contributed by atoms with Crippen LogP contribution in [0.2, 0.25) is 0 Å². The summed E-state index contributed by atoms with van der Waals surface area (Å²) >= 11 is 0. The number of rotatable bonds is 5. The van der Waals surface area contributed by atoms with Gasteiger partial charge in [0.1, 0.15) is 6.04 Å². The molecule has 4 nitrogen and oxygen atoms in total. The van der Waals surface area contributed by atoms with Crippen molar-refractivity contribution in [2.75, 3.05) is 0 Å². The van der Waals surface area contributed by atoms with Crippen molar-refractivity contribution in [3.8, 4) is 0 Å². The fourth-order valence-electron chi connectivity index (χ4n) is 1.89. The van der Waals surface area contributed by atoms with Gasteiger partial charge in [0.15, 0.2) is 0 Å². The van der Waals surface area contributed by atoms with Crippen LogP contribution in [0.5, 0.6) is 0 Å². The number of aromatic nitrogens is 1. The van der Waals surface area contributed by atoms with E-state index in [1.54, 1.807) is 12.4 Å². The first-order valence-electron chi connectivity index (χ1n) is 6.09. The van der Waals surface area contributed by atoms with Gasteiger partial charge in [-0.25, -0.2) is 0 Å². The molecule has 1 heterocycles. The van der Waals surface area contributed by atoms with Crippen LogP contribution < -0.4 is 5.32 Å². The number of carboxylic acid groups (broad SMARTS) is 1. The van der Waals surface area contributed by atoms with Crippen molar-refractivity contribution in [3.05, 3.63) is 65.5 Å². The molecule has 0 saturated heterocycles. The molecule has 0 aliphatic carbocycles. The molecule has 2 aromatic rings. The molecule has 19 heavy (non-hydrogen) atoms. The summed E-state index contributed by atoms with van der Waals surface area (Å²) in [4.78, 5) is 15.4. The van der Waals surface area contributed by atoms with Gasteiger partial charge in [0.05, 0.1) is 0 Å². The Morgan fingerprint density at radius 1 is 1.32 bits per heavy atom. The first-order chi connectivity index (χ1) is 9.18. The molecule has 0 bridgehead atoms. The zero-order chi connectivity index (χ0) is 13.7. The number of nitrogens with zero attached hydrogens (tertiary/aromatic N) is 1. The van der Waals surface area contributed by atoms with E-state index in [1.807, 2.05) is 43.3 Å². The van der Waals surface area contributed by atoms with Crippen LogP contribution in [0, 0.1) is 6.92 Å². The molecule has 1 unspecified atom stereocenters. The molecule has 0 saturated carbocycles. The van der Waals surface area contributed by atoms with E-state index >= 15 is 0 Å². The molecule has 0 amide bonds. The molecular weight excluding hydrogens is 240 g/mol. The van der Waals surface area contributed by atoms with Gasteiger partial charge in [-0.15, -0.1) is 0 Å². The average molecular weight is 256 g/mol. The van der Waals surface area contributed by atoms with Gasteiger partial charge in [0, 0.05) is 18.9 Å². The highest BCUT2D eigenvalue weighted by atomic mass is 16.4. The van der Waals surface area contributed by atoms with Crippen molar-refractivity contribution in [3.63, 3.8) is 0 Å². The quantitative estimate of drug-likeness (QED) is 0.861. The van der Waals surface area contributed by atoms with Crippen LogP contribution in [-0.4, -0.2) is 16.1 Å².